The first-order valence-electron chi connectivity index (χ1n) is 4.90. The lowest BCUT2D eigenvalue weighted by Gasteiger charge is -2.14. The first kappa shape index (κ1) is 10.8. The molecule has 1 aromatic carbocycles. The van der Waals surface area contributed by atoms with Crippen LogP contribution in [0, 0.1) is 17.0 Å². The van der Waals surface area contributed by atoms with E-state index >= 15 is 0 Å². The van der Waals surface area contributed by atoms with E-state index in [2.05, 4.69) is 0 Å². The van der Waals surface area contributed by atoms with Gasteiger partial charge in [0.1, 0.15) is 11.6 Å². The summed E-state index contributed by atoms with van der Waals surface area (Å²) < 4.78 is 26.6. The van der Waals surface area contributed by atoms with Crippen LogP contribution in [0.2, 0.25) is 5.02 Å². The second-order valence-corrected chi connectivity index (χ2v) is 4.58. The van der Waals surface area contributed by atoms with E-state index < -0.39 is 11.6 Å². The Morgan fingerprint density at radius 2 is 1.87 bits per heavy atom. The number of hydrogen-bond donors (Lipinski definition) is 1. The van der Waals surface area contributed by atoms with Gasteiger partial charge in [-0.15, -0.1) is 0 Å². The maximum atomic E-state index is 13.4. The molecule has 1 nitrogen and oxygen atoms in total. The summed E-state index contributed by atoms with van der Waals surface area (Å²) >= 11 is 5.73. The van der Waals surface area contributed by atoms with Crippen LogP contribution in [0.4, 0.5) is 8.78 Å². The molecule has 1 aromatic rings. The Kier molecular flexibility index (Phi) is 2.69. The number of rotatable bonds is 3. The standard InChI is InChI=1S/C11H12ClF2N/c12-10-7(5-11(6-15)3-4-11)8(13)1-2-9(10)14/h1-2H,3-6,15H2. The highest BCUT2D eigenvalue weighted by atomic mass is 35.5. The molecule has 0 bridgehead atoms. The predicted molar refractivity (Wildman–Crippen MR) is 55.8 cm³/mol. The van der Waals surface area contributed by atoms with Crippen LogP contribution in [-0.2, 0) is 6.42 Å². The Labute approximate surface area is 92.2 Å². The van der Waals surface area contributed by atoms with Crippen LogP contribution in [0.5, 0.6) is 0 Å². The Balaban J connectivity index is 2.31. The van der Waals surface area contributed by atoms with Crippen LogP contribution in [0.25, 0.3) is 0 Å². The zero-order chi connectivity index (χ0) is 11.1. The molecular formula is C11H12ClF2N. The summed E-state index contributed by atoms with van der Waals surface area (Å²) in [5, 5.41) is -0.102. The third-order valence-corrected chi connectivity index (χ3v) is 3.49. The summed E-state index contributed by atoms with van der Waals surface area (Å²) in [7, 11) is 0. The lowest BCUT2D eigenvalue weighted by atomic mass is 9.96. The zero-order valence-electron chi connectivity index (χ0n) is 8.19. The van der Waals surface area contributed by atoms with Gasteiger partial charge in [-0.1, -0.05) is 11.6 Å². The summed E-state index contributed by atoms with van der Waals surface area (Å²) in [6, 6.07) is 2.16. The Hall–Kier alpha value is -0.670. The quantitative estimate of drug-likeness (QED) is 0.796. The zero-order valence-corrected chi connectivity index (χ0v) is 8.95. The maximum Gasteiger partial charge on any atom is 0.142 e. The molecular weight excluding hydrogens is 220 g/mol. The number of hydrogen-bond acceptors (Lipinski definition) is 1. The van der Waals surface area contributed by atoms with Crippen LogP contribution in [0.3, 0.4) is 0 Å². The average molecular weight is 232 g/mol. The Bertz CT molecular complexity index is 388. The van der Waals surface area contributed by atoms with Crippen molar-refractivity contribution < 1.29 is 8.78 Å². The summed E-state index contributed by atoms with van der Waals surface area (Å²) in [4.78, 5) is 0. The van der Waals surface area contributed by atoms with E-state index in [-0.39, 0.29) is 16.0 Å². The van der Waals surface area contributed by atoms with Crippen molar-refractivity contribution in [2.45, 2.75) is 19.3 Å². The molecule has 1 aliphatic rings. The summed E-state index contributed by atoms with van der Waals surface area (Å²) in [5.74, 6) is -1.01. The first-order valence-corrected chi connectivity index (χ1v) is 5.28. The topological polar surface area (TPSA) is 26.0 Å². The van der Waals surface area contributed by atoms with E-state index in [1.165, 1.54) is 0 Å². The van der Waals surface area contributed by atoms with Crippen LogP contribution in [0.1, 0.15) is 18.4 Å². The molecule has 1 fully saturated rings. The lowest BCUT2D eigenvalue weighted by molar-refractivity contribution is 0.495. The van der Waals surface area contributed by atoms with E-state index in [1.807, 2.05) is 0 Å². The maximum absolute atomic E-state index is 13.4. The molecule has 0 unspecified atom stereocenters. The van der Waals surface area contributed by atoms with Crippen molar-refractivity contribution >= 4 is 11.6 Å². The minimum Gasteiger partial charge on any atom is -0.330 e. The molecule has 2 N–H and O–H groups in total. The van der Waals surface area contributed by atoms with Crippen molar-refractivity contribution in [2.75, 3.05) is 6.54 Å². The molecule has 2 rings (SSSR count). The lowest BCUT2D eigenvalue weighted by Crippen LogP contribution is -2.19. The number of nitrogens with two attached hydrogens (primary N) is 1. The Morgan fingerprint density at radius 1 is 1.27 bits per heavy atom. The van der Waals surface area contributed by atoms with Gasteiger partial charge in [-0.05, 0) is 43.4 Å². The van der Waals surface area contributed by atoms with E-state index in [0.29, 0.717) is 13.0 Å². The van der Waals surface area contributed by atoms with Gasteiger partial charge >= 0.3 is 0 Å². The van der Waals surface area contributed by atoms with E-state index in [1.54, 1.807) is 0 Å². The molecule has 4 heteroatoms. The van der Waals surface area contributed by atoms with Gasteiger partial charge in [-0.3, -0.25) is 0 Å². The summed E-state index contributed by atoms with van der Waals surface area (Å²) in [6.45, 7) is 0.499. The fraction of sp³-hybridized carbons (Fsp3) is 0.455. The second-order valence-electron chi connectivity index (χ2n) is 4.20. The van der Waals surface area contributed by atoms with Gasteiger partial charge in [0.2, 0.25) is 0 Å². The van der Waals surface area contributed by atoms with Gasteiger partial charge in [0.25, 0.3) is 0 Å². The third-order valence-electron chi connectivity index (χ3n) is 3.08. The van der Waals surface area contributed by atoms with Crippen molar-refractivity contribution in [3.05, 3.63) is 34.4 Å². The van der Waals surface area contributed by atoms with Gasteiger partial charge in [0.15, 0.2) is 0 Å². The van der Waals surface area contributed by atoms with Crippen molar-refractivity contribution in [3.8, 4) is 0 Å². The van der Waals surface area contributed by atoms with Crippen LogP contribution in [-0.4, -0.2) is 6.54 Å². The SMILES string of the molecule is NCC1(Cc2c(F)ccc(F)c2Cl)CC1. The molecule has 15 heavy (non-hydrogen) atoms. The van der Waals surface area contributed by atoms with E-state index in [9.17, 15) is 8.78 Å². The monoisotopic (exact) mass is 231 g/mol. The van der Waals surface area contributed by atoms with Crippen LogP contribution < -0.4 is 5.73 Å². The highest BCUT2D eigenvalue weighted by Crippen LogP contribution is 2.48. The molecule has 0 amide bonds. The van der Waals surface area contributed by atoms with Gasteiger partial charge < -0.3 is 5.73 Å². The number of benzene rings is 1. The minimum absolute atomic E-state index is 0.0434. The first-order chi connectivity index (χ1) is 7.08. The molecule has 0 aromatic heterocycles. The molecule has 1 aliphatic carbocycles. The van der Waals surface area contributed by atoms with Crippen molar-refractivity contribution in [2.24, 2.45) is 11.1 Å². The second kappa shape index (κ2) is 3.72. The third kappa shape index (κ3) is 1.99. The van der Waals surface area contributed by atoms with Crippen molar-refractivity contribution in [1.82, 2.24) is 0 Å². The minimum atomic E-state index is -0.569. The Morgan fingerprint density at radius 3 is 2.40 bits per heavy atom. The van der Waals surface area contributed by atoms with Gasteiger partial charge in [-0.2, -0.15) is 0 Å². The van der Waals surface area contributed by atoms with Crippen molar-refractivity contribution in [1.29, 1.82) is 0 Å². The molecule has 0 atom stereocenters. The van der Waals surface area contributed by atoms with Gasteiger partial charge in [0, 0.05) is 5.56 Å². The number of halogens is 3. The van der Waals surface area contributed by atoms with Crippen LogP contribution in [0.15, 0.2) is 12.1 Å². The molecule has 0 heterocycles. The van der Waals surface area contributed by atoms with E-state index in [0.717, 1.165) is 25.0 Å². The molecule has 0 saturated heterocycles. The largest absolute Gasteiger partial charge is 0.330 e. The summed E-state index contributed by atoms with van der Waals surface area (Å²) in [6.07, 6.45) is 2.37. The fourth-order valence-electron chi connectivity index (χ4n) is 1.74. The van der Waals surface area contributed by atoms with Crippen molar-refractivity contribution in [3.63, 3.8) is 0 Å². The molecule has 82 valence electrons. The highest BCUT2D eigenvalue weighted by molar-refractivity contribution is 6.31. The summed E-state index contributed by atoms with van der Waals surface area (Å²) in [5.41, 5.74) is 5.82. The molecule has 1 saturated carbocycles. The highest BCUT2D eigenvalue weighted by Gasteiger charge is 2.42. The smallest absolute Gasteiger partial charge is 0.142 e. The average Bonchev–Trinajstić information content (AvgIpc) is 3.00. The van der Waals surface area contributed by atoms with Gasteiger partial charge in [0.05, 0.1) is 5.02 Å². The fourth-order valence-corrected chi connectivity index (χ4v) is 1.96. The van der Waals surface area contributed by atoms with Gasteiger partial charge in [-0.25, -0.2) is 8.78 Å². The van der Waals surface area contributed by atoms with E-state index in [4.69, 9.17) is 17.3 Å². The molecule has 0 aliphatic heterocycles. The molecule has 0 radical (unpaired) electrons. The molecule has 0 spiro atoms. The predicted octanol–water partition coefficient (Wildman–Crippen LogP) is 2.90. The normalized spacial score (nSPS) is 17.9. The van der Waals surface area contributed by atoms with Crippen LogP contribution >= 0.6 is 11.6 Å².